The van der Waals surface area contributed by atoms with Gasteiger partial charge in [-0.2, -0.15) is 0 Å². The molecule has 20 heavy (non-hydrogen) atoms. The van der Waals surface area contributed by atoms with Crippen molar-refractivity contribution in [2.45, 2.75) is 46.6 Å². The van der Waals surface area contributed by atoms with Crippen LogP contribution in [-0.2, 0) is 4.79 Å². The van der Waals surface area contributed by atoms with Crippen LogP contribution < -0.4 is 5.32 Å². The highest BCUT2D eigenvalue weighted by molar-refractivity contribution is 5.82. The summed E-state index contributed by atoms with van der Waals surface area (Å²) in [6.45, 7) is 8.51. The van der Waals surface area contributed by atoms with Crippen LogP contribution in [0.5, 0.6) is 0 Å². The summed E-state index contributed by atoms with van der Waals surface area (Å²) < 4.78 is 0. The highest BCUT2D eigenvalue weighted by atomic mass is 16.4. The van der Waals surface area contributed by atoms with Crippen molar-refractivity contribution >= 4 is 12.0 Å². The Morgan fingerprint density at radius 1 is 1.10 bits per heavy atom. The number of nitrogens with one attached hydrogen (secondary N) is 1. The number of hydrogen-bond acceptors (Lipinski definition) is 3. The summed E-state index contributed by atoms with van der Waals surface area (Å²) in [5.41, 5.74) is 0. The highest BCUT2D eigenvalue weighted by Gasteiger charge is 2.23. The Balaban J connectivity index is 4.57. The number of rotatable bonds is 9. The van der Waals surface area contributed by atoms with Crippen LogP contribution in [0.3, 0.4) is 0 Å². The van der Waals surface area contributed by atoms with Crippen molar-refractivity contribution in [2.75, 3.05) is 19.7 Å². The molecule has 0 aromatic heterocycles. The first-order valence-electron chi connectivity index (χ1n) is 7.17. The fourth-order valence-corrected chi connectivity index (χ4v) is 1.78. The van der Waals surface area contributed by atoms with Crippen molar-refractivity contribution in [1.82, 2.24) is 10.2 Å². The van der Waals surface area contributed by atoms with Gasteiger partial charge in [0.05, 0.1) is 6.61 Å². The Labute approximate surface area is 121 Å². The van der Waals surface area contributed by atoms with Crippen molar-refractivity contribution in [1.29, 1.82) is 0 Å². The number of aliphatic hydroxyl groups excluding tert-OH is 1. The minimum Gasteiger partial charge on any atom is -0.480 e. The summed E-state index contributed by atoms with van der Waals surface area (Å²) in [6.07, 6.45) is 1.20. The maximum Gasteiger partial charge on any atom is 0.326 e. The molecule has 0 aliphatic rings. The van der Waals surface area contributed by atoms with Gasteiger partial charge < -0.3 is 20.4 Å². The molecule has 0 fully saturated rings. The van der Waals surface area contributed by atoms with Crippen LogP contribution in [0.2, 0.25) is 0 Å². The van der Waals surface area contributed by atoms with E-state index >= 15 is 0 Å². The molecule has 0 bridgehead atoms. The Morgan fingerprint density at radius 3 is 2.10 bits per heavy atom. The molecule has 118 valence electrons. The van der Waals surface area contributed by atoms with Crippen LogP contribution in [0.1, 0.15) is 40.5 Å². The minimum absolute atomic E-state index is 0.132. The lowest BCUT2D eigenvalue weighted by molar-refractivity contribution is -0.139. The van der Waals surface area contributed by atoms with E-state index in [-0.39, 0.29) is 19.1 Å². The van der Waals surface area contributed by atoms with Gasteiger partial charge in [-0.1, -0.05) is 27.7 Å². The maximum absolute atomic E-state index is 12.1. The first-order valence-corrected chi connectivity index (χ1v) is 7.17. The molecule has 0 saturated carbocycles. The lowest BCUT2D eigenvalue weighted by Gasteiger charge is -2.25. The van der Waals surface area contributed by atoms with E-state index in [1.54, 1.807) is 0 Å². The third-order valence-electron chi connectivity index (χ3n) is 2.94. The average Bonchev–Trinajstić information content (AvgIpc) is 2.32. The molecule has 0 rings (SSSR count). The van der Waals surface area contributed by atoms with Crippen molar-refractivity contribution in [2.24, 2.45) is 11.8 Å². The first-order chi connectivity index (χ1) is 9.27. The maximum atomic E-state index is 12.1. The number of carbonyl (C=O) groups excluding carboxylic acids is 1. The topological polar surface area (TPSA) is 89.9 Å². The third kappa shape index (κ3) is 7.99. The molecule has 0 aliphatic heterocycles. The zero-order chi connectivity index (χ0) is 15.7. The highest BCUT2D eigenvalue weighted by Crippen LogP contribution is 2.07. The van der Waals surface area contributed by atoms with Gasteiger partial charge in [-0.3, -0.25) is 0 Å². The average molecular weight is 288 g/mol. The van der Waals surface area contributed by atoms with Crippen LogP contribution >= 0.6 is 0 Å². The lowest BCUT2D eigenvalue weighted by Crippen LogP contribution is -2.49. The predicted octanol–water partition coefficient (Wildman–Crippen LogP) is 1.54. The van der Waals surface area contributed by atoms with E-state index in [4.69, 9.17) is 10.2 Å². The third-order valence-corrected chi connectivity index (χ3v) is 2.94. The number of nitrogens with zero attached hydrogens (tertiary/aromatic N) is 1. The first kappa shape index (κ1) is 18.7. The van der Waals surface area contributed by atoms with Crippen LogP contribution in [0.25, 0.3) is 0 Å². The number of urea groups is 1. The minimum atomic E-state index is -1.03. The molecule has 0 aromatic carbocycles. The number of carbonyl (C=O) groups is 2. The fourth-order valence-electron chi connectivity index (χ4n) is 1.78. The van der Waals surface area contributed by atoms with E-state index in [0.29, 0.717) is 18.9 Å². The summed E-state index contributed by atoms with van der Waals surface area (Å²) in [5, 5.41) is 20.7. The number of carboxylic acids is 1. The number of carboxylic acid groups (broad SMARTS) is 1. The Morgan fingerprint density at radius 2 is 1.70 bits per heavy atom. The SMILES string of the molecule is CC(C)CCN(CCO)C(=O)N[C@@H](CC(C)C)C(=O)O. The van der Waals surface area contributed by atoms with Gasteiger partial charge in [0, 0.05) is 13.1 Å². The second-order valence-electron chi connectivity index (χ2n) is 5.86. The molecule has 3 N–H and O–H groups in total. The summed E-state index contributed by atoms with van der Waals surface area (Å²) >= 11 is 0. The van der Waals surface area contributed by atoms with E-state index in [1.165, 1.54) is 4.90 Å². The Bertz CT molecular complexity index is 306. The zero-order valence-corrected chi connectivity index (χ0v) is 12.9. The lowest BCUT2D eigenvalue weighted by atomic mass is 10.0. The molecule has 0 spiro atoms. The van der Waals surface area contributed by atoms with E-state index in [0.717, 1.165) is 6.42 Å². The molecule has 6 nitrogen and oxygen atoms in total. The molecule has 0 aliphatic carbocycles. The molecule has 0 unspecified atom stereocenters. The van der Waals surface area contributed by atoms with E-state index < -0.39 is 18.0 Å². The van der Waals surface area contributed by atoms with Crippen molar-refractivity contribution in [3.05, 3.63) is 0 Å². The van der Waals surface area contributed by atoms with Crippen LogP contribution in [-0.4, -0.2) is 52.9 Å². The molecule has 0 aromatic rings. The van der Waals surface area contributed by atoms with Crippen molar-refractivity contribution < 1.29 is 19.8 Å². The van der Waals surface area contributed by atoms with Gasteiger partial charge >= 0.3 is 12.0 Å². The summed E-state index contributed by atoms with van der Waals surface area (Å²) in [7, 11) is 0. The summed E-state index contributed by atoms with van der Waals surface area (Å²) in [5.74, 6) is -0.409. The van der Waals surface area contributed by atoms with Gasteiger partial charge in [-0.15, -0.1) is 0 Å². The van der Waals surface area contributed by atoms with E-state index in [2.05, 4.69) is 5.32 Å². The standard InChI is InChI=1S/C14H28N2O4/c1-10(2)5-6-16(7-8-17)14(20)15-12(13(18)19)9-11(3)4/h10-12,17H,5-9H2,1-4H3,(H,15,20)(H,18,19)/t12-/m0/s1. The van der Waals surface area contributed by atoms with Crippen LogP contribution in [0, 0.1) is 11.8 Å². The van der Waals surface area contributed by atoms with Gasteiger partial charge in [0.25, 0.3) is 0 Å². The van der Waals surface area contributed by atoms with E-state index in [9.17, 15) is 9.59 Å². The Kier molecular flexibility index (Phi) is 8.96. The van der Waals surface area contributed by atoms with E-state index in [1.807, 2.05) is 27.7 Å². The van der Waals surface area contributed by atoms with Gasteiger partial charge in [0.1, 0.15) is 6.04 Å². The van der Waals surface area contributed by atoms with Gasteiger partial charge in [-0.25, -0.2) is 9.59 Å². The zero-order valence-electron chi connectivity index (χ0n) is 12.9. The Hall–Kier alpha value is -1.30. The number of aliphatic hydroxyl groups is 1. The molecular weight excluding hydrogens is 260 g/mol. The molecule has 2 amide bonds. The van der Waals surface area contributed by atoms with Gasteiger partial charge in [0.2, 0.25) is 0 Å². The number of aliphatic carboxylic acids is 1. The molecule has 0 radical (unpaired) electrons. The summed E-state index contributed by atoms with van der Waals surface area (Å²) in [6, 6.07) is -1.31. The normalized spacial score (nSPS) is 12.6. The summed E-state index contributed by atoms with van der Waals surface area (Å²) in [4.78, 5) is 24.7. The molecule has 6 heteroatoms. The van der Waals surface area contributed by atoms with Crippen molar-refractivity contribution in [3.63, 3.8) is 0 Å². The molecular formula is C14H28N2O4. The van der Waals surface area contributed by atoms with Gasteiger partial charge in [0.15, 0.2) is 0 Å². The number of hydrogen-bond donors (Lipinski definition) is 3. The quantitative estimate of drug-likeness (QED) is 0.600. The molecule has 0 heterocycles. The van der Waals surface area contributed by atoms with Crippen LogP contribution in [0.15, 0.2) is 0 Å². The second kappa shape index (κ2) is 9.58. The van der Waals surface area contributed by atoms with Crippen LogP contribution in [0.4, 0.5) is 4.79 Å². The fraction of sp³-hybridized carbons (Fsp3) is 0.857. The smallest absolute Gasteiger partial charge is 0.326 e. The largest absolute Gasteiger partial charge is 0.480 e. The monoisotopic (exact) mass is 288 g/mol. The number of amides is 2. The predicted molar refractivity (Wildman–Crippen MR) is 77.5 cm³/mol. The van der Waals surface area contributed by atoms with Crippen molar-refractivity contribution in [3.8, 4) is 0 Å². The second-order valence-corrected chi connectivity index (χ2v) is 5.86. The van der Waals surface area contributed by atoms with Gasteiger partial charge in [-0.05, 0) is 24.7 Å². The molecule has 0 saturated heterocycles. The molecule has 1 atom stereocenters.